The molecule has 122 valence electrons. The number of aryl methyl sites for hydroxylation is 1. The summed E-state index contributed by atoms with van der Waals surface area (Å²) in [5.41, 5.74) is -0.497. The average molecular weight is 323 g/mol. The van der Waals surface area contributed by atoms with E-state index in [2.05, 4.69) is 4.72 Å². The van der Waals surface area contributed by atoms with Crippen molar-refractivity contribution in [2.45, 2.75) is 57.7 Å². The second-order valence-electron chi connectivity index (χ2n) is 5.06. The van der Waals surface area contributed by atoms with E-state index in [1.54, 1.807) is 13.0 Å². The van der Waals surface area contributed by atoms with Crippen LogP contribution in [0.25, 0.3) is 0 Å². The number of hydrogen-bond acceptors (Lipinski definition) is 3. The van der Waals surface area contributed by atoms with Crippen LogP contribution < -0.4 is 4.72 Å². The molecule has 0 spiro atoms. The maximum absolute atomic E-state index is 12.9. The zero-order valence-electron chi connectivity index (χ0n) is 13.1. The van der Waals surface area contributed by atoms with Crippen LogP contribution >= 0.6 is 11.9 Å². The summed E-state index contributed by atoms with van der Waals surface area (Å²) in [6, 6.07) is 4.26. The van der Waals surface area contributed by atoms with Crippen LogP contribution in [-0.4, -0.2) is 17.3 Å². The lowest BCUT2D eigenvalue weighted by Gasteiger charge is -2.25. The highest BCUT2D eigenvalue weighted by atomic mass is 32.2. The van der Waals surface area contributed by atoms with Crippen molar-refractivity contribution < 1.29 is 18.3 Å². The molecule has 0 aliphatic heterocycles. The smallest absolute Gasteiger partial charge is 0.396 e. The highest BCUT2D eigenvalue weighted by molar-refractivity contribution is 7.97. The summed E-state index contributed by atoms with van der Waals surface area (Å²) < 4.78 is 41.7. The number of nitrogens with one attached hydrogen (secondary N) is 1. The molecule has 6 heteroatoms. The Kier molecular flexibility index (Phi) is 8.36. The van der Waals surface area contributed by atoms with Crippen molar-refractivity contribution in [3.8, 4) is 0 Å². The number of halogens is 3. The lowest BCUT2D eigenvalue weighted by atomic mass is 10.0. The Balaban J connectivity index is 0.00000191. The molecule has 1 aromatic carbocycles. The van der Waals surface area contributed by atoms with Crippen LogP contribution in [0.15, 0.2) is 23.1 Å². The van der Waals surface area contributed by atoms with Crippen LogP contribution in [0.5, 0.6) is 0 Å². The molecule has 1 aromatic rings. The van der Waals surface area contributed by atoms with Crippen molar-refractivity contribution in [3.63, 3.8) is 0 Å². The van der Waals surface area contributed by atoms with E-state index in [-0.39, 0.29) is 11.5 Å². The Labute approximate surface area is 129 Å². The van der Waals surface area contributed by atoms with Gasteiger partial charge in [0.05, 0.1) is 5.56 Å². The molecule has 0 aliphatic rings. The SMILES string of the molecule is CC.Cc1ccc(SNC(C)(C)CCO)c(C(F)(F)F)c1. The van der Waals surface area contributed by atoms with E-state index in [0.717, 1.165) is 18.0 Å². The number of rotatable bonds is 5. The summed E-state index contributed by atoms with van der Waals surface area (Å²) in [7, 11) is 0. The van der Waals surface area contributed by atoms with Crippen LogP contribution in [0.4, 0.5) is 13.2 Å². The molecule has 0 bridgehead atoms. The molecular weight excluding hydrogens is 299 g/mol. The molecule has 0 atom stereocenters. The molecule has 21 heavy (non-hydrogen) atoms. The third-order valence-electron chi connectivity index (χ3n) is 2.61. The highest BCUT2D eigenvalue weighted by Gasteiger charge is 2.34. The van der Waals surface area contributed by atoms with E-state index in [1.165, 1.54) is 6.07 Å². The Morgan fingerprint density at radius 3 is 2.24 bits per heavy atom. The minimum Gasteiger partial charge on any atom is -0.396 e. The molecule has 0 heterocycles. The summed E-state index contributed by atoms with van der Waals surface area (Å²) >= 11 is 0.948. The van der Waals surface area contributed by atoms with Gasteiger partial charge in [-0.15, -0.1) is 0 Å². The quantitative estimate of drug-likeness (QED) is 0.764. The summed E-state index contributed by atoms with van der Waals surface area (Å²) in [5.74, 6) is 0. The fourth-order valence-electron chi connectivity index (χ4n) is 1.48. The van der Waals surface area contributed by atoms with E-state index in [1.807, 2.05) is 27.7 Å². The van der Waals surface area contributed by atoms with Gasteiger partial charge in [0, 0.05) is 17.0 Å². The number of alkyl halides is 3. The van der Waals surface area contributed by atoms with Crippen molar-refractivity contribution in [1.82, 2.24) is 4.72 Å². The maximum atomic E-state index is 12.9. The van der Waals surface area contributed by atoms with Gasteiger partial charge in [0.1, 0.15) is 0 Å². The van der Waals surface area contributed by atoms with Crippen molar-refractivity contribution in [2.75, 3.05) is 6.61 Å². The predicted molar refractivity (Wildman–Crippen MR) is 82.3 cm³/mol. The van der Waals surface area contributed by atoms with Crippen LogP contribution in [0.3, 0.4) is 0 Å². The van der Waals surface area contributed by atoms with Crippen molar-refractivity contribution in [3.05, 3.63) is 29.3 Å². The molecule has 0 aromatic heterocycles. The molecule has 2 N–H and O–H groups in total. The number of hydrogen-bond donors (Lipinski definition) is 2. The maximum Gasteiger partial charge on any atom is 0.417 e. The van der Waals surface area contributed by atoms with E-state index in [0.29, 0.717) is 12.0 Å². The molecule has 0 aliphatic carbocycles. The molecule has 0 fully saturated rings. The summed E-state index contributed by atoms with van der Waals surface area (Å²) in [4.78, 5) is 0.143. The van der Waals surface area contributed by atoms with E-state index in [4.69, 9.17) is 5.11 Å². The number of benzene rings is 1. The molecule has 0 saturated heterocycles. The Hall–Kier alpha value is -0.720. The minimum absolute atomic E-state index is 0.0133. The first-order valence-corrected chi connectivity index (χ1v) is 7.70. The standard InChI is InChI=1S/C13H18F3NOS.C2H6/c1-9-4-5-11(10(8-9)13(14,15)16)19-17-12(2,3)6-7-18;1-2/h4-5,8,17-18H,6-7H2,1-3H3;1-2H3. The van der Waals surface area contributed by atoms with Crippen molar-refractivity contribution in [1.29, 1.82) is 0 Å². The van der Waals surface area contributed by atoms with E-state index >= 15 is 0 Å². The van der Waals surface area contributed by atoms with Gasteiger partial charge in [-0.05, 0) is 51.3 Å². The fourth-order valence-corrected chi connectivity index (χ4v) is 2.39. The Bertz CT molecular complexity index is 433. The summed E-state index contributed by atoms with van der Waals surface area (Å²) in [6.07, 6.45) is -3.90. The lowest BCUT2D eigenvalue weighted by Crippen LogP contribution is -2.35. The molecule has 0 saturated carbocycles. The third-order valence-corrected chi connectivity index (χ3v) is 3.85. The molecule has 0 amide bonds. The number of aliphatic hydroxyl groups excluding tert-OH is 1. The summed E-state index contributed by atoms with van der Waals surface area (Å²) in [5, 5.41) is 8.89. The van der Waals surface area contributed by atoms with Gasteiger partial charge in [-0.3, -0.25) is 4.72 Å². The first-order chi connectivity index (χ1) is 9.65. The van der Waals surface area contributed by atoms with E-state index < -0.39 is 17.3 Å². The van der Waals surface area contributed by atoms with Gasteiger partial charge >= 0.3 is 6.18 Å². The van der Waals surface area contributed by atoms with Crippen LogP contribution in [0.2, 0.25) is 0 Å². The lowest BCUT2D eigenvalue weighted by molar-refractivity contribution is -0.139. The first-order valence-electron chi connectivity index (χ1n) is 6.88. The zero-order chi connectivity index (χ0) is 16.7. The van der Waals surface area contributed by atoms with Gasteiger partial charge in [0.15, 0.2) is 0 Å². The van der Waals surface area contributed by atoms with Gasteiger partial charge < -0.3 is 5.11 Å². The third kappa shape index (κ3) is 7.20. The number of aliphatic hydroxyl groups is 1. The summed E-state index contributed by atoms with van der Waals surface area (Å²) in [6.45, 7) is 9.28. The highest BCUT2D eigenvalue weighted by Crippen LogP contribution is 2.37. The van der Waals surface area contributed by atoms with E-state index in [9.17, 15) is 13.2 Å². The largest absolute Gasteiger partial charge is 0.417 e. The first kappa shape index (κ1) is 20.3. The van der Waals surface area contributed by atoms with Crippen molar-refractivity contribution >= 4 is 11.9 Å². The van der Waals surface area contributed by atoms with Gasteiger partial charge in [-0.1, -0.05) is 25.5 Å². The molecule has 2 nitrogen and oxygen atoms in total. The second-order valence-corrected chi connectivity index (χ2v) is 5.91. The Morgan fingerprint density at radius 2 is 1.76 bits per heavy atom. The van der Waals surface area contributed by atoms with Gasteiger partial charge in [-0.2, -0.15) is 13.2 Å². The predicted octanol–water partition coefficient (Wildman–Crippen LogP) is 4.80. The molecule has 1 rings (SSSR count). The normalized spacial score (nSPS) is 11.9. The van der Waals surface area contributed by atoms with Crippen LogP contribution in [0.1, 0.15) is 45.2 Å². The molecule has 0 radical (unpaired) electrons. The zero-order valence-corrected chi connectivity index (χ0v) is 14.0. The second kappa shape index (κ2) is 8.66. The Morgan fingerprint density at radius 1 is 1.19 bits per heavy atom. The average Bonchev–Trinajstić information content (AvgIpc) is 2.38. The fraction of sp³-hybridized carbons (Fsp3) is 0.600. The monoisotopic (exact) mass is 323 g/mol. The minimum atomic E-state index is -4.36. The topological polar surface area (TPSA) is 32.3 Å². The van der Waals surface area contributed by atoms with Gasteiger partial charge in [-0.25, -0.2) is 0 Å². The van der Waals surface area contributed by atoms with Crippen molar-refractivity contribution in [2.24, 2.45) is 0 Å². The van der Waals surface area contributed by atoms with Crippen LogP contribution in [0, 0.1) is 6.92 Å². The van der Waals surface area contributed by atoms with Gasteiger partial charge in [0.25, 0.3) is 0 Å². The van der Waals surface area contributed by atoms with Crippen LogP contribution in [-0.2, 0) is 6.18 Å². The van der Waals surface area contributed by atoms with Gasteiger partial charge in [0.2, 0.25) is 0 Å². The molecule has 0 unspecified atom stereocenters. The molecular formula is C15H24F3NOS.